The van der Waals surface area contributed by atoms with Gasteiger partial charge in [-0.2, -0.15) is 0 Å². The van der Waals surface area contributed by atoms with E-state index in [0.717, 1.165) is 11.8 Å². The van der Waals surface area contributed by atoms with Crippen LogP contribution in [-0.2, 0) is 6.42 Å². The molecule has 0 aliphatic rings. The maximum absolute atomic E-state index is 12.0. The van der Waals surface area contributed by atoms with Gasteiger partial charge in [0.05, 0.1) is 4.92 Å². The number of carbonyl (C=O) groups excluding carboxylic acids is 1. The third kappa shape index (κ3) is 4.00. The largest absolute Gasteiger partial charge is 0.351 e. The molecule has 7 heteroatoms. The topological polar surface area (TPSA) is 85.1 Å². The molecule has 1 N–H and O–H groups in total. The van der Waals surface area contributed by atoms with Crippen molar-refractivity contribution in [3.8, 4) is 0 Å². The molecular formula is C14H12ClN3O3. The minimum Gasteiger partial charge on any atom is -0.351 e. The van der Waals surface area contributed by atoms with E-state index < -0.39 is 10.8 Å². The van der Waals surface area contributed by atoms with Crippen LogP contribution in [0.1, 0.15) is 16.1 Å². The summed E-state index contributed by atoms with van der Waals surface area (Å²) >= 11 is 5.71. The molecular weight excluding hydrogens is 294 g/mol. The average molecular weight is 306 g/mol. The summed E-state index contributed by atoms with van der Waals surface area (Å²) in [5.41, 5.74) is 0.520. The number of rotatable bonds is 5. The van der Waals surface area contributed by atoms with Crippen molar-refractivity contribution >= 4 is 23.2 Å². The van der Waals surface area contributed by atoms with E-state index in [2.05, 4.69) is 10.3 Å². The van der Waals surface area contributed by atoms with Gasteiger partial charge in [0.15, 0.2) is 0 Å². The Morgan fingerprint density at radius 1 is 1.33 bits per heavy atom. The first-order valence-corrected chi connectivity index (χ1v) is 6.58. The number of aromatic nitrogens is 1. The smallest absolute Gasteiger partial charge is 0.283 e. The van der Waals surface area contributed by atoms with Crippen molar-refractivity contribution in [3.05, 3.63) is 69.0 Å². The fraction of sp³-hybridized carbons (Fsp3) is 0.143. The van der Waals surface area contributed by atoms with Crippen molar-refractivity contribution in [2.75, 3.05) is 6.54 Å². The monoisotopic (exact) mass is 305 g/mol. The van der Waals surface area contributed by atoms with Crippen molar-refractivity contribution in [2.45, 2.75) is 6.42 Å². The molecule has 6 nitrogen and oxygen atoms in total. The van der Waals surface area contributed by atoms with Crippen LogP contribution in [0.4, 0.5) is 5.69 Å². The lowest BCUT2D eigenvalue weighted by Crippen LogP contribution is -2.26. The molecule has 0 aliphatic heterocycles. The van der Waals surface area contributed by atoms with Crippen molar-refractivity contribution in [1.82, 2.24) is 10.3 Å². The van der Waals surface area contributed by atoms with E-state index in [0.29, 0.717) is 13.0 Å². The number of nitro benzene ring substituents is 1. The molecule has 21 heavy (non-hydrogen) atoms. The molecule has 1 aromatic heterocycles. The molecule has 0 bridgehead atoms. The van der Waals surface area contributed by atoms with Crippen LogP contribution in [0.5, 0.6) is 0 Å². The first kappa shape index (κ1) is 14.9. The van der Waals surface area contributed by atoms with Gasteiger partial charge in [-0.05, 0) is 24.3 Å². The van der Waals surface area contributed by atoms with Gasteiger partial charge in [0.25, 0.3) is 11.6 Å². The molecule has 0 spiro atoms. The van der Waals surface area contributed by atoms with Gasteiger partial charge in [-0.25, -0.2) is 0 Å². The predicted molar refractivity (Wildman–Crippen MR) is 78.4 cm³/mol. The van der Waals surface area contributed by atoms with E-state index in [1.807, 2.05) is 12.1 Å². The fourth-order valence-electron chi connectivity index (χ4n) is 1.79. The van der Waals surface area contributed by atoms with E-state index in [4.69, 9.17) is 11.6 Å². The van der Waals surface area contributed by atoms with Crippen molar-refractivity contribution in [2.24, 2.45) is 0 Å². The molecule has 0 radical (unpaired) electrons. The van der Waals surface area contributed by atoms with Gasteiger partial charge < -0.3 is 5.32 Å². The first-order chi connectivity index (χ1) is 10.1. The molecule has 0 saturated carbocycles. The Kier molecular flexibility index (Phi) is 4.84. The lowest BCUT2D eigenvalue weighted by molar-refractivity contribution is -0.385. The number of hydrogen-bond donors (Lipinski definition) is 1. The van der Waals surface area contributed by atoms with Gasteiger partial charge in [0.2, 0.25) is 0 Å². The third-order valence-corrected chi connectivity index (χ3v) is 3.03. The van der Waals surface area contributed by atoms with Crippen molar-refractivity contribution < 1.29 is 9.72 Å². The molecule has 0 atom stereocenters. The number of benzene rings is 1. The highest BCUT2D eigenvalue weighted by Crippen LogP contribution is 2.23. The summed E-state index contributed by atoms with van der Waals surface area (Å²) in [6.07, 6.45) is 2.22. The van der Waals surface area contributed by atoms with Crippen LogP contribution in [-0.4, -0.2) is 22.4 Å². The number of nitrogens with one attached hydrogen (secondary N) is 1. The molecule has 2 aromatic rings. The second-order valence-electron chi connectivity index (χ2n) is 4.25. The lowest BCUT2D eigenvalue weighted by atomic mass is 10.1. The van der Waals surface area contributed by atoms with Crippen LogP contribution in [0.15, 0.2) is 42.6 Å². The van der Waals surface area contributed by atoms with Crippen LogP contribution < -0.4 is 5.32 Å². The molecule has 0 unspecified atom stereocenters. The number of pyridine rings is 1. The Morgan fingerprint density at radius 3 is 2.81 bits per heavy atom. The summed E-state index contributed by atoms with van der Waals surface area (Å²) < 4.78 is 0. The minimum atomic E-state index is -0.625. The summed E-state index contributed by atoms with van der Waals surface area (Å²) in [6.45, 7) is 0.343. The van der Waals surface area contributed by atoms with E-state index >= 15 is 0 Å². The van der Waals surface area contributed by atoms with Gasteiger partial charge in [0, 0.05) is 35.9 Å². The number of hydrogen-bond acceptors (Lipinski definition) is 4. The third-order valence-electron chi connectivity index (χ3n) is 2.79. The van der Waals surface area contributed by atoms with Crippen LogP contribution in [0.2, 0.25) is 5.02 Å². The quantitative estimate of drug-likeness (QED) is 0.679. The summed E-state index contributed by atoms with van der Waals surface area (Å²) in [7, 11) is 0. The van der Waals surface area contributed by atoms with Crippen LogP contribution in [0.3, 0.4) is 0 Å². The zero-order valence-corrected chi connectivity index (χ0v) is 11.7. The predicted octanol–water partition coefficient (Wildman–Crippen LogP) is 2.62. The minimum absolute atomic E-state index is 0.00887. The maximum atomic E-state index is 12.0. The SMILES string of the molecule is O=C(NCCc1ccccn1)c1ccc(Cl)cc1[N+](=O)[O-]. The number of halogens is 1. The molecule has 1 heterocycles. The van der Waals surface area contributed by atoms with Crippen molar-refractivity contribution in [3.63, 3.8) is 0 Å². The number of carbonyl (C=O) groups is 1. The Bertz CT molecular complexity index is 662. The van der Waals surface area contributed by atoms with Crippen LogP contribution in [0, 0.1) is 10.1 Å². The standard InChI is InChI=1S/C14H12ClN3O3/c15-10-4-5-12(13(9-10)18(20)21)14(19)17-8-6-11-3-1-2-7-16-11/h1-5,7,9H,6,8H2,(H,17,19). The van der Waals surface area contributed by atoms with Gasteiger partial charge in [-0.1, -0.05) is 17.7 Å². The molecule has 1 aromatic carbocycles. The molecule has 0 aliphatic carbocycles. The highest BCUT2D eigenvalue weighted by molar-refractivity contribution is 6.31. The zero-order valence-electron chi connectivity index (χ0n) is 11.0. The molecule has 0 saturated heterocycles. The number of nitro groups is 1. The van der Waals surface area contributed by atoms with E-state index in [1.165, 1.54) is 12.1 Å². The van der Waals surface area contributed by atoms with E-state index in [9.17, 15) is 14.9 Å². The lowest BCUT2D eigenvalue weighted by Gasteiger charge is -2.06. The van der Waals surface area contributed by atoms with Gasteiger partial charge in [0.1, 0.15) is 5.56 Å². The molecule has 2 rings (SSSR count). The highest BCUT2D eigenvalue weighted by Gasteiger charge is 2.20. The zero-order chi connectivity index (χ0) is 15.2. The normalized spacial score (nSPS) is 10.1. The van der Waals surface area contributed by atoms with E-state index in [-0.39, 0.29) is 16.3 Å². The number of nitrogens with zero attached hydrogens (tertiary/aromatic N) is 2. The highest BCUT2D eigenvalue weighted by atomic mass is 35.5. The number of amides is 1. The Morgan fingerprint density at radius 2 is 2.14 bits per heavy atom. The maximum Gasteiger partial charge on any atom is 0.283 e. The Balaban J connectivity index is 2.02. The van der Waals surface area contributed by atoms with Gasteiger partial charge >= 0.3 is 0 Å². The van der Waals surface area contributed by atoms with Gasteiger partial charge in [-0.15, -0.1) is 0 Å². The van der Waals surface area contributed by atoms with Crippen LogP contribution >= 0.6 is 11.6 Å². The van der Waals surface area contributed by atoms with Crippen molar-refractivity contribution in [1.29, 1.82) is 0 Å². The van der Waals surface area contributed by atoms with Crippen LogP contribution in [0.25, 0.3) is 0 Å². The van der Waals surface area contributed by atoms with Gasteiger partial charge in [-0.3, -0.25) is 19.9 Å². The van der Waals surface area contributed by atoms with E-state index in [1.54, 1.807) is 12.3 Å². The molecule has 108 valence electrons. The fourth-order valence-corrected chi connectivity index (χ4v) is 1.96. The first-order valence-electron chi connectivity index (χ1n) is 6.20. The Labute approximate surface area is 125 Å². The molecule has 1 amide bonds. The Hall–Kier alpha value is -2.47. The summed E-state index contributed by atoms with van der Waals surface area (Å²) in [5.74, 6) is -0.505. The summed E-state index contributed by atoms with van der Waals surface area (Å²) in [4.78, 5) is 26.4. The summed E-state index contributed by atoms with van der Waals surface area (Å²) in [5, 5.41) is 13.8. The average Bonchev–Trinajstić information content (AvgIpc) is 2.48. The summed E-state index contributed by atoms with van der Waals surface area (Å²) in [6, 6.07) is 9.46. The second-order valence-corrected chi connectivity index (χ2v) is 4.68. The molecule has 0 fully saturated rings. The second kappa shape index (κ2) is 6.81.